The van der Waals surface area contributed by atoms with E-state index in [1.165, 1.54) is 12.0 Å². The van der Waals surface area contributed by atoms with Gasteiger partial charge in [0, 0.05) is 0 Å². The van der Waals surface area contributed by atoms with Gasteiger partial charge in [0.05, 0.1) is 28.5 Å². The first-order valence-corrected chi connectivity index (χ1v) is 6.87. The predicted molar refractivity (Wildman–Crippen MR) is 78.5 cm³/mol. The van der Waals surface area contributed by atoms with Crippen molar-refractivity contribution in [1.29, 1.82) is 0 Å². The number of carbonyl (C=O) groups excluding carboxylic acids is 2. The molecule has 1 aromatic rings. The van der Waals surface area contributed by atoms with Crippen LogP contribution in [0.25, 0.3) is 0 Å². The van der Waals surface area contributed by atoms with Gasteiger partial charge in [-0.25, -0.2) is 0 Å². The molecule has 20 heavy (non-hydrogen) atoms. The van der Waals surface area contributed by atoms with Gasteiger partial charge in [0.1, 0.15) is 12.6 Å². The van der Waals surface area contributed by atoms with Crippen LogP contribution in [-0.4, -0.2) is 31.6 Å². The van der Waals surface area contributed by atoms with Crippen LogP contribution in [0.5, 0.6) is 0 Å². The van der Waals surface area contributed by atoms with E-state index >= 15 is 0 Å². The van der Waals surface area contributed by atoms with E-state index in [1.54, 1.807) is 12.1 Å². The number of rotatable bonds is 3. The third-order valence-electron chi connectivity index (χ3n) is 3.15. The van der Waals surface area contributed by atoms with Gasteiger partial charge in [-0.3, -0.25) is 14.5 Å². The molecule has 1 N–H and O–H groups in total. The van der Waals surface area contributed by atoms with E-state index in [2.05, 4.69) is 10.1 Å². The molecule has 0 aromatic heterocycles. The standard InChI is InChI=1S/C13H14Cl2N2O3/c1-3-9-13(19)17(6-12(18)20-2)11-5-8(15)7(14)4-10(11)16-9/h4-5,9,16H,3,6H2,1-2H3. The topological polar surface area (TPSA) is 58.6 Å². The van der Waals surface area contributed by atoms with E-state index in [1.807, 2.05) is 6.92 Å². The average molecular weight is 317 g/mol. The predicted octanol–water partition coefficient (Wildman–Crippen LogP) is 2.70. The number of hydrogen-bond acceptors (Lipinski definition) is 4. The molecule has 0 spiro atoms. The Morgan fingerprint density at radius 1 is 1.40 bits per heavy atom. The Balaban J connectivity index is 2.46. The fraction of sp³-hybridized carbons (Fsp3) is 0.385. The van der Waals surface area contributed by atoms with Crippen LogP contribution < -0.4 is 10.2 Å². The molecule has 7 heteroatoms. The molecule has 5 nitrogen and oxygen atoms in total. The van der Waals surface area contributed by atoms with Crippen LogP contribution in [0.2, 0.25) is 10.0 Å². The number of hydrogen-bond donors (Lipinski definition) is 1. The second-order valence-electron chi connectivity index (χ2n) is 4.39. The number of halogens is 2. The average Bonchev–Trinajstić information content (AvgIpc) is 2.43. The summed E-state index contributed by atoms with van der Waals surface area (Å²) in [4.78, 5) is 25.2. The highest BCUT2D eigenvalue weighted by Gasteiger charge is 2.33. The van der Waals surface area contributed by atoms with Gasteiger partial charge in [0.2, 0.25) is 5.91 Å². The Hall–Kier alpha value is -1.46. The minimum absolute atomic E-state index is 0.154. The highest BCUT2D eigenvalue weighted by molar-refractivity contribution is 6.42. The molecule has 0 saturated heterocycles. The molecule has 108 valence electrons. The van der Waals surface area contributed by atoms with E-state index in [9.17, 15) is 9.59 Å². The number of nitrogens with zero attached hydrogens (tertiary/aromatic N) is 1. The largest absolute Gasteiger partial charge is 0.468 e. The zero-order valence-electron chi connectivity index (χ0n) is 11.1. The summed E-state index contributed by atoms with van der Waals surface area (Å²) in [7, 11) is 1.28. The third-order valence-corrected chi connectivity index (χ3v) is 3.87. The lowest BCUT2D eigenvalue weighted by atomic mass is 10.1. The van der Waals surface area contributed by atoms with Gasteiger partial charge in [-0.1, -0.05) is 30.1 Å². The summed E-state index contributed by atoms with van der Waals surface area (Å²) in [5, 5.41) is 3.81. The van der Waals surface area contributed by atoms with Crippen LogP contribution in [0, 0.1) is 0 Å². The van der Waals surface area contributed by atoms with Gasteiger partial charge in [-0.2, -0.15) is 0 Å². The molecule has 1 unspecified atom stereocenters. The van der Waals surface area contributed by atoms with E-state index in [-0.39, 0.29) is 12.5 Å². The van der Waals surface area contributed by atoms with Crippen molar-refractivity contribution in [2.24, 2.45) is 0 Å². The molecule has 0 bridgehead atoms. The summed E-state index contributed by atoms with van der Waals surface area (Å²) < 4.78 is 4.63. The second-order valence-corrected chi connectivity index (χ2v) is 5.20. The molecule has 1 aliphatic rings. The minimum Gasteiger partial charge on any atom is -0.468 e. The Labute approximate surface area is 126 Å². The lowest BCUT2D eigenvalue weighted by Gasteiger charge is -2.34. The first-order chi connectivity index (χ1) is 9.47. The third kappa shape index (κ3) is 2.69. The van der Waals surface area contributed by atoms with E-state index in [0.29, 0.717) is 27.8 Å². The smallest absolute Gasteiger partial charge is 0.325 e. The zero-order valence-corrected chi connectivity index (χ0v) is 12.6. The van der Waals surface area contributed by atoms with E-state index in [4.69, 9.17) is 23.2 Å². The first kappa shape index (κ1) is 14.9. The van der Waals surface area contributed by atoms with Crippen molar-refractivity contribution >= 4 is 46.5 Å². The molecule has 1 heterocycles. The maximum absolute atomic E-state index is 12.3. The number of esters is 1. The van der Waals surface area contributed by atoms with Crippen LogP contribution in [0.4, 0.5) is 11.4 Å². The van der Waals surface area contributed by atoms with Crippen LogP contribution in [-0.2, 0) is 14.3 Å². The Morgan fingerprint density at radius 2 is 2.05 bits per heavy atom. The molecule has 1 aromatic carbocycles. The summed E-state index contributed by atoms with van der Waals surface area (Å²) in [6.07, 6.45) is 0.593. The SMILES string of the molecule is CCC1Nc2cc(Cl)c(Cl)cc2N(CC(=O)OC)C1=O. The number of amides is 1. The van der Waals surface area contributed by atoms with Gasteiger partial charge in [-0.05, 0) is 18.6 Å². The van der Waals surface area contributed by atoms with E-state index in [0.717, 1.165) is 0 Å². The lowest BCUT2D eigenvalue weighted by molar-refractivity contribution is -0.140. The van der Waals surface area contributed by atoms with Gasteiger partial charge in [-0.15, -0.1) is 0 Å². The molecule has 0 aliphatic carbocycles. The maximum atomic E-state index is 12.3. The normalized spacial score (nSPS) is 17.5. The van der Waals surface area contributed by atoms with Gasteiger partial charge >= 0.3 is 5.97 Å². The quantitative estimate of drug-likeness (QED) is 0.871. The van der Waals surface area contributed by atoms with Crippen molar-refractivity contribution in [3.63, 3.8) is 0 Å². The fourth-order valence-electron chi connectivity index (χ4n) is 2.06. The molecule has 1 atom stereocenters. The van der Waals surface area contributed by atoms with Gasteiger partial charge in [0.15, 0.2) is 0 Å². The highest BCUT2D eigenvalue weighted by Crippen LogP contribution is 2.38. The molecule has 0 radical (unpaired) electrons. The van der Waals surface area contributed by atoms with Crippen molar-refractivity contribution < 1.29 is 14.3 Å². The molecule has 0 saturated carbocycles. The van der Waals surface area contributed by atoms with Gasteiger partial charge < -0.3 is 10.1 Å². The summed E-state index contributed by atoms with van der Waals surface area (Å²) >= 11 is 12.0. The number of benzene rings is 1. The molecule has 1 amide bonds. The summed E-state index contributed by atoms with van der Waals surface area (Å²) in [5.74, 6) is -0.684. The summed E-state index contributed by atoms with van der Waals surface area (Å²) in [5.41, 5.74) is 1.20. The van der Waals surface area contributed by atoms with E-state index < -0.39 is 12.0 Å². The second kappa shape index (κ2) is 5.89. The van der Waals surface area contributed by atoms with Crippen LogP contribution >= 0.6 is 23.2 Å². The van der Waals surface area contributed by atoms with Crippen molar-refractivity contribution in [2.75, 3.05) is 23.9 Å². The molecule has 0 fully saturated rings. The number of ether oxygens (including phenoxy) is 1. The molecule has 2 rings (SSSR count). The lowest BCUT2D eigenvalue weighted by Crippen LogP contribution is -2.49. The fourth-order valence-corrected chi connectivity index (χ4v) is 2.39. The Bertz CT molecular complexity index is 563. The van der Waals surface area contributed by atoms with Crippen LogP contribution in [0.1, 0.15) is 13.3 Å². The zero-order chi connectivity index (χ0) is 14.9. The van der Waals surface area contributed by atoms with Gasteiger partial charge in [0.25, 0.3) is 0 Å². The molecular weight excluding hydrogens is 303 g/mol. The number of carbonyl (C=O) groups is 2. The van der Waals surface area contributed by atoms with Crippen LogP contribution in [0.3, 0.4) is 0 Å². The van der Waals surface area contributed by atoms with Crippen molar-refractivity contribution in [2.45, 2.75) is 19.4 Å². The van der Waals surface area contributed by atoms with Crippen molar-refractivity contribution in [1.82, 2.24) is 0 Å². The number of fused-ring (bicyclic) bond motifs is 1. The molecular formula is C13H14Cl2N2O3. The minimum atomic E-state index is -0.493. The number of methoxy groups -OCH3 is 1. The number of anilines is 2. The maximum Gasteiger partial charge on any atom is 0.325 e. The van der Waals surface area contributed by atoms with Crippen molar-refractivity contribution in [3.8, 4) is 0 Å². The first-order valence-electron chi connectivity index (χ1n) is 6.11. The molecule has 1 aliphatic heterocycles. The number of nitrogens with one attached hydrogen (secondary N) is 1. The van der Waals surface area contributed by atoms with Crippen LogP contribution in [0.15, 0.2) is 12.1 Å². The summed E-state index contributed by atoms with van der Waals surface area (Å²) in [6.45, 7) is 1.73. The monoisotopic (exact) mass is 316 g/mol. The Kier molecular flexibility index (Phi) is 4.40. The Morgan fingerprint density at radius 3 is 2.65 bits per heavy atom. The van der Waals surface area contributed by atoms with Crippen molar-refractivity contribution in [3.05, 3.63) is 22.2 Å². The highest BCUT2D eigenvalue weighted by atomic mass is 35.5. The summed E-state index contributed by atoms with van der Waals surface area (Å²) in [6, 6.07) is 2.82.